The van der Waals surface area contributed by atoms with Crippen molar-refractivity contribution < 1.29 is 28.6 Å². The van der Waals surface area contributed by atoms with Gasteiger partial charge in [0, 0.05) is 4.47 Å². The molecule has 1 fully saturated rings. The SMILES string of the molecule is CCOC(=O)CN1C(=O)S/C(=C/c2cc(Cl)c(OCc3ccc(Br)cc3)c(OCC)c2)C1=O. The molecule has 2 amide bonds. The minimum Gasteiger partial charge on any atom is -0.490 e. The molecule has 0 aromatic heterocycles. The van der Waals surface area contributed by atoms with Crippen molar-refractivity contribution in [2.24, 2.45) is 0 Å². The van der Waals surface area contributed by atoms with Crippen molar-refractivity contribution in [1.29, 1.82) is 0 Å². The summed E-state index contributed by atoms with van der Waals surface area (Å²) in [6, 6.07) is 11.0. The minimum atomic E-state index is -0.644. The van der Waals surface area contributed by atoms with Crippen LogP contribution in [0.5, 0.6) is 11.5 Å². The number of imide groups is 1. The molecule has 0 aliphatic carbocycles. The monoisotopic (exact) mass is 553 g/mol. The highest BCUT2D eigenvalue weighted by Gasteiger charge is 2.36. The van der Waals surface area contributed by atoms with E-state index in [1.807, 2.05) is 31.2 Å². The van der Waals surface area contributed by atoms with Crippen molar-refractivity contribution in [2.45, 2.75) is 20.5 Å². The molecule has 0 bridgehead atoms. The summed E-state index contributed by atoms with van der Waals surface area (Å²) in [5, 5.41) is -0.236. The van der Waals surface area contributed by atoms with Crippen LogP contribution in [0.25, 0.3) is 6.08 Å². The van der Waals surface area contributed by atoms with E-state index in [0.717, 1.165) is 26.7 Å². The second-order valence-electron chi connectivity index (χ2n) is 6.75. The molecule has 1 aliphatic rings. The molecule has 33 heavy (non-hydrogen) atoms. The Balaban J connectivity index is 1.81. The number of esters is 1. The number of ether oxygens (including phenoxy) is 3. The van der Waals surface area contributed by atoms with Gasteiger partial charge in [0.1, 0.15) is 13.2 Å². The summed E-state index contributed by atoms with van der Waals surface area (Å²) in [7, 11) is 0. The first-order valence-electron chi connectivity index (χ1n) is 10.1. The molecular weight excluding hydrogens is 534 g/mol. The molecule has 0 spiro atoms. The average Bonchev–Trinajstić information content (AvgIpc) is 3.02. The Morgan fingerprint density at radius 1 is 1.12 bits per heavy atom. The van der Waals surface area contributed by atoms with Crippen LogP contribution in [0.1, 0.15) is 25.0 Å². The van der Waals surface area contributed by atoms with Crippen molar-refractivity contribution in [3.63, 3.8) is 0 Å². The molecular formula is C23H21BrClNO6S. The zero-order chi connectivity index (χ0) is 24.0. The number of hydrogen-bond donors (Lipinski definition) is 0. The average molecular weight is 555 g/mol. The van der Waals surface area contributed by atoms with Crippen LogP contribution in [-0.2, 0) is 20.9 Å². The third kappa shape index (κ3) is 6.52. The molecule has 7 nitrogen and oxygen atoms in total. The van der Waals surface area contributed by atoms with Crippen LogP contribution in [0.3, 0.4) is 0 Å². The molecule has 0 unspecified atom stereocenters. The highest BCUT2D eigenvalue weighted by atomic mass is 79.9. The van der Waals surface area contributed by atoms with Gasteiger partial charge in [0.25, 0.3) is 11.1 Å². The first-order chi connectivity index (χ1) is 15.8. The van der Waals surface area contributed by atoms with Crippen molar-refractivity contribution in [2.75, 3.05) is 19.8 Å². The smallest absolute Gasteiger partial charge is 0.326 e. The largest absolute Gasteiger partial charge is 0.490 e. The topological polar surface area (TPSA) is 82.1 Å². The van der Waals surface area contributed by atoms with Gasteiger partial charge in [-0.3, -0.25) is 19.3 Å². The highest BCUT2D eigenvalue weighted by molar-refractivity contribution is 9.10. The minimum absolute atomic E-state index is 0.167. The van der Waals surface area contributed by atoms with E-state index in [1.54, 1.807) is 19.1 Å². The van der Waals surface area contributed by atoms with Gasteiger partial charge in [-0.2, -0.15) is 0 Å². The second-order valence-corrected chi connectivity index (χ2v) is 9.07. The quantitative estimate of drug-likeness (QED) is 0.291. The van der Waals surface area contributed by atoms with Gasteiger partial charge in [-0.15, -0.1) is 0 Å². The van der Waals surface area contributed by atoms with E-state index in [9.17, 15) is 14.4 Å². The number of nitrogens with zero attached hydrogens (tertiary/aromatic N) is 1. The second kappa shape index (κ2) is 11.6. The number of carbonyl (C=O) groups excluding carboxylic acids is 3. The van der Waals surface area contributed by atoms with E-state index in [4.69, 9.17) is 25.8 Å². The zero-order valence-corrected chi connectivity index (χ0v) is 21.1. The Hall–Kier alpha value is -2.49. The van der Waals surface area contributed by atoms with E-state index in [0.29, 0.717) is 35.3 Å². The molecule has 1 heterocycles. The standard InChI is InChI=1S/C23H21BrClNO6S/c1-3-30-18-10-15(9-17(25)21(18)32-13-14-5-7-16(24)8-6-14)11-19-22(28)26(23(29)33-19)12-20(27)31-4-2/h5-11H,3-4,12-13H2,1-2H3/b19-11+. The fraction of sp³-hybridized carbons (Fsp3) is 0.261. The summed E-state index contributed by atoms with van der Waals surface area (Å²) in [6.45, 7) is 3.89. The molecule has 0 saturated carbocycles. The van der Waals surface area contributed by atoms with Crippen molar-refractivity contribution in [1.82, 2.24) is 4.90 Å². The fourth-order valence-corrected chi connectivity index (χ4v) is 4.31. The molecule has 0 atom stereocenters. The molecule has 10 heteroatoms. The molecule has 0 N–H and O–H groups in total. The van der Waals surface area contributed by atoms with Crippen LogP contribution in [-0.4, -0.2) is 41.8 Å². The highest BCUT2D eigenvalue weighted by Crippen LogP contribution is 2.39. The Labute approximate surface area is 209 Å². The lowest BCUT2D eigenvalue weighted by Gasteiger charge is -2.15. The van der Waals surface area contributed by atoms with Crippen LogP contribution in [0.2, 0.25) is 5.02 Å². The summed E-state index contributed by atoms with van der Waals surface area (Å²) in [5.74, 6) is -0.411. The maximum atomic E-state index is 12.6. The number of benzene rings is 2. The Bertz CT molecular complexity index is 1090. The summed E-state index contributed by atoms with van der Waals surface area (Å²) >= 11 is 10.6. The first-order valence-corrected chi connectivity index (χ1v) is 12.1. The zero-order valence-electron chi connectivity index (χ0n) is 17.9. The number of carbonyl (C=O) groups is 3. The predicted octanol–water partition coefficient (Wildman–Crippen LogP) is 5.68. The lowest BCUT2D eigenvalue weighted by atomic mass is 10.1. The van der Waals surface area contributed by atoms with Crippen LogP contribution in [0.15, 0.2) is 45.8 Å². The molecule has 1 saturated heterocycles. The van der Waals surface area contributed by atoms with Gasteiger partial charge < -0.3 is 14.2 Å². The summed E-state index contributed by atoms with van der Waals surface area (Å²) < 4.78 is 17.4. The van der Waals surface area contributed by atoms with E-state index in [-0.39, 0.29) is 11.5 Å². The summed E-state index contributed by atoms with van der Waals surface area (Å²) in [4.78, 5) is 37.5. The van der Waals surface area contributed by atoms with E-state index < -0.39 is 23.7 Å². The summed E-state index contributed by atoms with van der Waals surface area (Å²) in [6.07, 6.45) is 1.53. The van der Waals surface area contributed by atoms with E-state index >= 15 is 0 Å². The lowest BCUT2D eigenvalue weighted by Crippen LogP contribution is -2.34. The molecule has 3 rings (SSSR count). The first kappa shape index (κ1) is 25.1. The van der Waals surface area contributed by atoms with Gasteiger partial charge in [0.2, 0.25) is 0 Å². The van der Waals surface area contributed by atoms with Gasteiger partial charge in [-0.25, -0.2) is 0 Å². The van der Waals surface area contributed by atoms with Gasteiger partial charge in [-0.05, 0) is 67.1 Å². The molecule has 2 aromatic rings. The maximum absolute atomic E-state index is 12.6. The van der Waals surface area contributed by atoms with Crippen LogP contribution in [0.4, 0.5) is 4.79 Å². The Morgan fingerprint density at radius 3 is 2.52 bits per heavy atom. The van der Waals surface area contributed by atoms with Crippen molar-refractivity contribution in [3.8, 4) is 11.5 Å². The van der Waals surface area contributed by atoms with Gasteiger partial charge in [0.15, 0.2) is 11.5 Å². The number of thioether (sulfide) groups is 1. The fourth-order valence-electron chi connectivity index (χ4n) is 2.93. The van der Waals surface area contributed by atoms with Crippen LogP contribution in [0, 0.1) is 0 Å². The predicted molar refractivity (Wildman–Crippen MR) is 130 cm³/mol. The van der Waals surface area contributed by atoms with Gasteiger partial charge in [-0.1, -0.05) is 39.7 Å². The maximum Gasteiger partial charge on any atom is 0.326 e. The number of rotatable bonds is 9. The van der Waals surface area contributed by atoms with Crippen molar-refractivity contribution in [3.05, 3.63) is 61.9 Å². The molecule has 2 aromatic carbocycles. The third-order valence-electron chi connectivity index (χ3n) is 4.39. The van der Waals surface area contributed by atoms with E-state index in [1.165, 1.54) is 6.08 Å². The van der Waals surface area contributed by atoms with Gasteiger partial charge in [0.05, 0.1) is 23.1 Å². The number of hydrogen-bond acceptors (Lipinski definition) is 7. The third-order valence-corrected chi connectivity index (χ3v) is 6.11. The molecule has 0 radical (unpaired) electrons. The van der Waals surface area contributed by atoms with Gasteiger partial charge >= 0.3 is 5.97 Å². The summed E-state index contributed by atoms with van der Waals surface area (Å²) in [5.41, 5.74) is 1.51. The lowest BCUT2D eigenvalue weighted by molar-refractivity contribution is -0.145. The number of halogens is 2. The number of amides is 2. The molecule has 174 valence electrons. The van der Waals surface area contributed by atoms with Crippen molar-refractivity contribution >= 4 is 62.5 Å². The Kier molecular flexibility index (Phi) is 8.82. The normalized spacial score (nSPS) is 14.7. The van der Waals surface area contributed by atoms with Crippen LogP contribution < -0.4 is 9.47 Å². The molecule has 1 aliphatic heterocycles. The Morgan fingerprint density at radius 2 is 1.85 bits per heavy atom. The van der Waals surface area contributed by atoms with Crippen LogP contribution >= 0.6 is 39.3 Å². The van der Waals surface area contributed by atoms with E-state index in [2.05, 4.69) is 15.9 Å².